The van der Waals surface area contributed by atoms with Crippen LogP contribution in [0.4, 0.5) is 0 Å². The van der Waals surface area contributed by atoms with Crippen LogP contribution >= 0.6 is 11.8 Å². The molecule has 5 rings (SSSR count). The molecule has 4 aromatic rings. The van der Waals surface area contributed by atoms with Crippen molar-refractivity contribution in [1.29, 1.82) is 0 Å². The van der Waals surface area contributed by atoms with Crippen LogP contribution in [-0.4, -0.2) is 20.1 Å². The molecule has 1 aliphatic rings. The number of aryl methyl sites for hydroxylation is 2. The van der Waals surface area contributed by atoms with Crippen LogP contribution in [0.15, 0.2) is 65.8 Å². The second kappa shape index (κ2) is 8.73. The Morgan fingerprint density at radius 1 is 0.969 bits per heavy atom. The Hall–Kier alpha value is -3.22. The quantitative estimate of drug-likeness (QED) is 0.281. The van der Waals surface area contributed by atoms with Gasteiger partial charge in [0.1, 0.15) is 5.03 Å². The lowest BCUT2D eigenvalue weighted by Crippen LogP contribution is -2.13. The van der Waals surface area contributed by atoms with Crippen LogP contribution in [0, 0.1) is 13.8 Å². The van der Waals surface area contributed by atoms with Crippen LogP contribution in [0.2, 0.25) is 0 Å². The van der Waals surface area contributed by atoms with Gasteiger partial charge in [0.05, 0.1) is 17.9 Å². The number of thioether (sulfide) groups is 1. The molecule has 0 aliphatic carbocycles. The number of rotatable bonds is 5. The second-order valence-electron chi connectivity index (χ2n) is 7.89. The van der Waals surface area contributed by atoms with Crippen LogP contribution in [-0.2, 0) is 18.8 Å². The van der Waals surface area contributed by atoms with Crippen LogP contribution in [0.5, 0.6) is 11.6 Å². The fraction of sp³-hybridized carbons (Fsp3) is 0.192. The summed E-state index contributed by atoms with van der Waals surface area (Å²) in [6.07, 6.45) is 2.33. The van der Waals surface area contributed by atoms with Gasteiger partial charge >= 0.3 is 0 Å². The Morgan fingerprint density at radius 3 is 2.50 bits per heavy atom. The van der Waals surface area contributed by atoms with Crippen molar-refractivity contribution < 1.29 is 9.84 Å². The molecule has 1 aliphatic heterocycles. The number of pyridine rings is 1. The summed E-state index contributed by atoms with van der Waals surface area (Å²) in [6, 6.07) is 18.5. The third-order valence-corrected chi connectivity index (χ3v) is 6.68. The average Bonchev–Trinajstić information content (AvgIpc) is 2.83. The molecular formula is C26H23N3O2S. The van der Waals surface area contributed by atoms with Crippen LogP contribution in [0.1, 0.15) is 33.5 Å². The van der Waals surface area contributed by atoms with Gasteiger partial charge in [-0.1, -0.05) is 60.2 Å². The number of hydrogen-bond acceptors (Lipinski definition) is 6. The maximum atomic E-state index is 9.84. The van der Waals surface area contributed by atoms with E-state index in [1.54, 1.807) is 18.0 Å². The number of hydrogen-bond donors (Lipinski definition) is 1. The number of aliphatic hydroxyl groups excluding tert-OH is 1. The van der Waals surface area contributed by atoms with Gasteiger partial charge in [0.25, 0.3) is 0 Å². The minimum Gasteiger partial charge on any atom is -0.436 e. The van der Waals surface area contributed by atoms with E-state index in [1.165, 1.54) is 11.1 Å². The largest absolute Gasteiger partial charge is 0.436 e. The highest BCUT2D eigenvalue weighted by molar-refractivity contribution is 7.98. The zero-order valence-corrected chi connectivity index (χ0v) is 18.8. The summed E-state index contributed by atoms with van der Waals surface area (Å²) < 4.78 is 6.28. The Kier molecular flexibility index (Phi) is 5.64. The SMILES string of the molecule is Cc1ccc(CSc2nc(-c3ccccc3)nc3c2Cc2c(CO)cnc(C)c2O3)cc1. The maximum absolute atomic E-state index is 9.84. The van der Waals surface area contributed by atoms with Gasteiger partial charge < -0.3 is 9.84 Å². The first-order valence-electron chi connectivity index (χ1n) is 10.5. The average molecular weight is 442 g/mol. The standard InChI is InChI=1S/C26H23N3O2S/c1-16-8-10-18(11-9-16)15-32-26-22-12-21-20(14-30)13-27-17(2)23(21)31-25(22)28-24(29-26)19-6-4-3-5-7-19/h3-11,13,30H,12,14-15H2,1-2H3. The molecule has 32 heavy (non-hydrogen) atoms. The maximum Gasteiger partial charge on any atom is 0.227 e. The second-order valence-corrected chi connectivity index (χ2v) is 8.85. The van der Waals surface area contributed by atoms with Crippen molar-refractivity contribution in [2.45, 2.75) is 37.7 Å². The number of nitrogens with zero attached hydrogens (tertiary/aromatic N) is 3. The molecule has 0 spiro atoms. The fourth-order valence-corrected chi connectivity index (χ4v) is 4.75. The normalized spacial score (nSPS) is 12.1. The first-order chi connectivity index (χ1) is 15.6. The van der Waals surface area contributed by atoms with Gasteiger partial charge in [-0.3, -0.25) is 4.98 Å². The summed E-state index contributed by atoms with van der Waals surface area (Å²) in [6.45, 7) is 3.93. The molecule has 5 nitrogen and oxygen atoms in total. The molecule has 3 heterocycles. The van der Waals surface area contributed by atoms with Gasteiger partial charge in [0.15, 0.2) is 11.6 Å². The van der Waals surface area contributed by atoms with Gasteiger partial charge in [-0.15, -0.1) is 11.8 Å². The molecule has 0 saturated heterocycles. The molecule has 6 heteroatoms. The van der Waals surface area contributed by atoms with Crippen LogP contribution in [0.3, 0.4) is 0 Å². The topological polar surface area (TPSA) is 68.1 Å². The van der Waals surface area contributed by atoms with Crippen molar-refractivity contribution in [2.24, 2.45) is 0 Å². The Morgan fingerprint density at radius 2 is 1.75 bits per heavy atom. The molecule has 2 aromatic carbocycles. The van der Waals surface area contributed by atoms with Crippen molar-refractivity contribution in [1.82, 2.24) is 15.0 Å². The van der Waals surface area contributed by atoms with E-state index >= 15 is 0 Å². The van der Waals surface area contributed by atoms with E-state index in [2.05, 4.69) is 36.2 Å². The van der Waals surface area contributed by atoms with Crippen molar-refractivity contribution in [2.75, 3.05) is 0 Å². The predicted octanol–water partition coefficient (Wildman–Crippen LogP) is 5.64. The summed E-state index contributed by atoms with van der Waals surface area (Å²) in [7, 11) is 0. The van der Waals surface area contributed by atoms with Gasteiger partial charge in [-0.2, -0.15) is 4.98 Å². The summed E-state index contributed by atoms with van der Waals surface area (Å²) in [5.74, 6) is 2.70. The fourth-order valence-electron chi connectivity index (χ4n) is 3.77. The number of ether oxygens (including phenoxy) is 1. The molecule has 160 valence electrons. The van der Waals surface area contributed by atoms with E-state index in [-0.39, 0.29) is 6.61 Å². The molecule has 0 radical (unpaired) electrons. The summed E-state index contributed by atoms with van der Waals surface area (Å²) in [5.41, 5.74) is 6.91. The van der Waals surface area contributed by atoms with Crippen LogP contribution in [0.25, 0.3) is 11.4 Å². The zero-order valence-electron chi connectivity index (χ0n) is 18.0. The number of benzene rings is 2. The van der Waals surface area contributed by atoms with Gasteiger partial charge in [0.2, 0.25) is 5.88 Å². The third kappa shape index (κ3) is 3.99. The van der Waals surface area contributed by atoms with E-state index in [9.17, 15) is 5.11 Å². The minimum absolute atomic E-state index is 0.0803. The molecule has 0 fully saturated rings. The summed E-state index contributed by atoms with van der Waals surface area (Å²) in [4.78, 5) is 14.1. The summed E-state index contributed by atoms with van der Waals surface area (Å²) >= 11 is 1.69. The smallest absolute Gasteiger partial charge is 0.227 e. The van der Waals surface area contributed by atoms with E-state index in [0.29, 0.717) is 23.9 Å². The molecule has 0 atom stereocenters. The van der Waals surface area contributed by atoms with Crippen molar-refractivity contribution in [3.8, 4) is 23.0 Å². The molecule has 1 N–H and O–H groups in total. The highest BCUT2D eigenvalue weighted by Gasteiger charge is 2.27. The van der Waals surface area contributed by atoms with Gasteiger partial charge in [0, 0.05) is 35.1 Å². The number of aliphatic hydroxyl groups is 1. The van der Waals surface area contributed by atoms with E-state index in [0.717, 1.165) is 38.7 Å². The summed E-state index contributed by atoms with van der Waals surface area (Å²) in [5, 5.41) is 10.7. The zero-order chi connectivity index (χ0) is 22.1. The highest BCUT2D eigenvalue weighted by Crippen LogP contribution is 2.43. The Balaban J connectivity index is 1.58. The molecule has 0 saturated carbocycles. The third-order valence-electron chi connectivity index (χ3n) is 5.59. The predicted molar refractivity (Wildman–Crippen MR) is 126 cm³/mol. The number of fused-ring (bicyclic) bond motifs is 2. The highest BCUT2D eigenvalue weighted by atomic mass is 32.2. The Labute approximate surface area is 191 Å². The Bertz CT molecular complexity index is 1270. The van der Waals surface area contributed by atoms with E-state index < -0.39 is 0 Å². The monoisotopic (exact) mass is 441 g/mol. The molecule has 0 amide bonds. The molecule has 0 unspecified atom stereocenters. The van der Waals surface area contributed by atoms with E-state index in [4.69, 9.17) is 14.7 Å². The number of aromatic nitrogens is 3. The van der Waals surface area contributed by atoms with Crippen LogP contribution < -0.4 is 4.74 Å². The van der Waals surface area contributed by atoms with Gasteiger partial charge in [-0.05, 0) is 19.4 Å². The van der Waals surface area contributed by atoms with Gasteiger partial charge in [-0.25, -0.2) is 4.98 Å². The first kappa shape index (κ1) is 20.7. The molecule has 2 aromatic heterocycles. The minimum atomic E-state index is -0.0803. The van der Waals surface area contributed by atoms with Crippen molar-refractivity contribution in [3.63, 3.8) is 0 Å². The van der Waals surface area contributed by atoms with E-state index in [1.807, 2.05) is 37.3 Å². The lowest BCUT2D eigenvalue weighted by atomic mass is 9.99. The van der Waals surface area contributed by atoms with Crippen molar-refractivity contribution in [3.05, 3.63) is 94.3 Å². The van der Waals surface area contributed by atoms with Crippen molar-refractivity contribution >= 4 is 11.8 Å². The molecular weight excluding hydrogens is 418 g/mol. The molecule has 0 bridgehead atoms. The first-order valence-corrected chi connectivity index (χ1v) is 11.5. The lowest BCUT2D eigenvalue weighted by molar-refractivity contribution is 0.278. The lowest BCUT2D eigenvalue weighted by Gasteiger charge is -2.24.